The van der Waals surface area contributed by atoms with E-state index in [1.54, 1.807) is 54.2 Å². The molecule has 202 valence electrons. The van der Waals surface area contributed by atoms with Gasteiger partial charge in [0.25, 0.3) is 16.0 Å². The molecule has 13 heteroatoms. The van der Waals surface area contributed by atoms with Gasteiger partial charge in [-0.3, -0.25) is 14.0 Å². The molecule has 0 fully saturated rings. The molecule has 11 nitrogen and oxygen atoms in total. The maximum Gasteiger partial charge on any atom is 0.294 e. The summed E-state index contributed by atoms with van der Waals surface area (Å²) in [5.41, 5.74) is 3.46. The zero-order valence-electron chi connectivity index (χ0n) is 21.3. The number of hydrogen-bond acceptors (Lipinski definition) is 8. The molecule has 0 saturated carbocycles. The van der Waals surface area contributed by atoms with Gasteiger partial charge in [-0.25, -0.2) is 9.97 Å². The summed E-state index contributed by atoms with van der Waals surface area (Å²) in [7, 11) is -4.02. The van der Waals surface area contributed by atoms with E-state index in [2.05, 4.69) is 25.7 Å². The van der Waals surface area contributed by atoms with Crippen LogP contribution in [0.4, 0.5) is 11.6 Å². The molecule has 1 unspecified atom stereocenters. The quantitative estimate of drug-likeness (QED) is 0.270. The van der Waals surface area contributed by atoms with E-state index in [0.29, 0.717) is 22.2 Å². The van der Waals surface area contributed by atoms with Gasteiger partial charge in [-0.05, 0) is 45.0 Å². The fraction of sp³-hybridized carbons (Fsp3) is 0.192. The first-order valence-corrected chi connectivity index (χ1v) is 13.5. The van der Waals surface area contributed by atoms with Gasteiger partial charge in [0, 0.05) is 23.9 Å². The maximum atomic E-state index is 12.1. The summed E-state index contributed by atoms with van der Waals surface area (Å²) < 4.78 is 31.3. The number of rotatable bonds is 7. The number of carbonyl (C=O) groups is 1. The van der Waals surface area contributed by atoms with Crippen LogP contribution in [0.3, 0.4) is 0 Å². The Hall–Kier alpha value is -4.31. The molecule has 0 aliphatic carbocycles. The first-order chi connectivity index (χ1) is 18.5. The number of nitrogens with one attached hydrogen (secondary N) is 2. The molecule has 39 heavy (non-hydrogen) atoms. The Bertz CT molecular complexity index is 1580. The summed E-state index contributed by atoms with van der Waals surface area (Å²) in [5.74, 6) is 0.0735. The largest absolute Gasteiger partial charge is 0.337 e. The Balaban J connectivity index is 0.000000320. The molecule has 3 N–H and O–H groups in total. The molecular weight excluding hydrogens is 542 g/mol. The van der Waals surface area contributed by atoms with E-state index in [1.165, 1.54) is 18.3 Å². The van der Waals surface area contributed by atoms with Crippen LogP contribution in [-0.2, 0) is 16.7 Å². The average Bonchev–Trinajstić information content (AvgIpc) is 3.37. The van der Waals surface area contributed by atoms with E-state index in [0.717, 1.165) is 23.4 Å². The first-order valence-electron chi connectivity index (χ1n) is 11.7. The molecule has 0 radical (unpaired) electrons. The minimum Gasteiger partial charge on any atom is -0.337 e. The number of hydrogen-bond donors (Lipinski definition) is 3. The van der Waals surface area contributed by atoms with Crippen LogP contribution in [0, 0.1) is 18.3 Å². The lowest BCUT2D eigenvalue weighted by Gasteiger charge is -2.09. The summed E-state index contributed by atoms with van der Waals surface area (Å²) in [6.45, 7) is 6.22. The molecular formula is C26H26ClN7O4S. The third-order valence-electron chi connectivity index (χ3n) is 5.24. The standard InChI is InChI=1S/C19H18ClN7O.C7H8O3S/c1-3-27-11-15(9-23-27)25-19-22-10-16(20)17(26-19)13-4-6-14(7-5-13)18(28)24-12(2)8-21;1-6-2-4-7(5-3-6)11(8,9)10/h4-7,9-12H,3H2,1-2H3,(H,24,28)(H,22,25,26);2-5H,1H3,(H,8,9,10). The van der Waals surface area contributed by atoms with Crippen molar-refractivity contribution in [3.05, 3.63) is 83.3 Å². The molecule has 0 spiro atoms. The second-order valence-electron chi connectivity index (χ2n) is 8.29. The van der Waals surface area contributed by atoms with Gasteiger partial charge in [0.15, 0.2) is 0 Å². The molecule has 2 heterocycles. The number of nitriles is 1. The van der Waals surface area contributed by atoms with Crippen LogP contribution in [0.1, 0.15) is 29.8 Å². The van der Waals surface area contributed by atoms with E-state index < -0.39 is 16.2 Å². The highest BCUT2D eigenvalue weighted by molar-refractivity contribution is 7.85. The van der Waals surface area contributed by atoms with Gasteiger partial charge < -0.3 is 10.6 Å². The summed E-state index contributed by atoms with van der Waals surface area (Å²) in [5, 5.41) is 19.1. The molecule has 0 bridgehead atoms. The molecule has 2 aromatic carbocycles. The van der Waals surface area contributed by atoms with Crippen LogP contribution in [0.25, 0.3) is 11.3 Å². The lowest BCUT2D eigenvalue weighted by molar-refractivity contribution is 0.0948. The fourth-order valence-electron chi connectivity index (χ4n) is 3.16. The minimum absolute atomic E-state index is 0.0666. The van der Waals surface area contributed by atoms with Crippen LogP contribution in [0.15, 0.2) is 72.0 Å². The van der Waals surface area contributed by atoms with E-state index in [9.17, 15) is 13.2 Å². The number of aryl methyl sites for hydroxylation is 2. The van der Waals surface area contributed by atoms with Crippen molar-refractivity contribution in [3.63, 3.8) is 0 Å². The highest BCUT2D eigenvalue weighted by Gasteiger charge is 2.12. The minimum atomic E-state index is -4.02. The lowest BCUT2D eigenvalue weighted by atomic mass is 10.1. The van der Waals surface area contributed by atoms with Gasteiger partial charge in [-0.2, -0.15) is 18.8 Å². The molecule has 0 aliphatic heterocycles. The molecule has 0 saturated heterocycles. The molecule has 4 rings (SSSR count). The molecule has 1 amide bonds. The first kappa shape index (κ1) is 29.2. The number of carbonyl (C=O) groups excluding carboxylic acids is 1. The van der Waals surface area contributed by atoms with Gasteiger partial charge in [-0.1, -0.05) is 41.4 Å². The SMILES string of the molecule is CCn1cc(Nc2ncc(Cl)c(-c3ccc(C(=O)NC(C)C#N)cc3)n2)cn1.Cc1ccc(S(=O)(=O)O)cc1. The van der Waals surface area contributed by atoms with E-state index >= 15 is 0 Å². The molecule has 2 aromatic heterocycles. The molecule has 1 atom stereocenters. The van der Waals surface area contributed by atoms with Crippen molar-refractivity contribution in [2.45, 2.75) is 38.3 Å². The Morgan fingerprint density at radius 2 is 1.82 bits per heavy atom. The zero-order chi connectivity index (χ0) is 28.6. The summed E-state index contributed by atoms with van der Waals surface area (Å²) in [4.78, 5) is 20.7. The van der Waals surface area contributed by atoms with Gasteiger partial charge >= 0.3 is 0 Å². The van der Waals surface area contributed by atoms with Gasteiger partial charge in [0.05, 0.1) is 39.8 Å². The third kappa shape index (κ3) is 8.34. The normalized spacial score (nSPS) is 11.5. The predicted molar refractivity (Wildman–Crippen MR) is 147 cm³/mol. The number of aromatic nitrogens is 4. The van der Waals surface area contributed by atoms with Crippen molar-refractivity contribution < 1.29 is 17.8 Å². The molecule has 4 aromatic rings. The highest BCUT2D eigenvalue weighted by atomic mass is 35.5. The van der Waals surface area contributed by atoms with Crippen LogP contribution in [-0.4, -0.2) is 44.7 Å². The van der Waals surface area contributed by atoms with Crippen molar-refractivity contribution >= 4 is 39.3 Å². The predicted octanol–water partition coefficient (Wildman–Crippen LogP) is 4.64. The maximum absolute atomic E-state index is 12.1. The highest BCUT2D eigenvalue weighted by Crippen LogP contribution is 2.27. The number of anilines is 2. The number of nitrogens with zero attached hydrogens (tertiary/aromatic N) is 5. The van der Waals surface area contributed by atoms with Crippen molar-refractivity contribution in [2.75, 3.05) is 5.32 Å². The number of benzene rings is 2. The summed E-state index contributed by atoms with van der Waals surface area (Å²) in [6, 6.07) is 14.2. The van der Waals surface area contributed by atoms with E-state index in [4.69, 9.17) is 21.4 Å². The van der Waals surface area contributed by atoms with Crippen LogP contribution >= 0.6 is 11.6 Å². The smallest absolute Gasteiger partial charge is 0.294 e. The second kappa shape index (κ2) is 13.0. The van der Waals surface area contributed by atoms with Crippen LogP contribution in [0.2, 0.25) is 5.02 Å². The van der Waals surface area contributed by atoms with Crippen LogP contribution < -0.4 is 10.6 Å². The Morgan fingerprint density at radius 1 is 1.15 bits per heavy atom. The Labute approximate surface area is 231 Å². The van der Waals surface area contributed by atoms with Gasteiger partial charge in [0.1, 0.15) is 6.04 Å². The van der Waals surface area contributed by atoms with Crippen LogP contribution in [0.5, 0.6) is 0 Å². The van der Waals surface area contributed by atoms with Crippen molar-refractivity contribution in [1.82, 2.24) is 25.1 Å². The Kier molecular flexibility index (Phi) is 9.73. The van der Waals surface area contributed by atoms with E-state index in [1.807, 2.05) is 26.1 Å². The lowest BCUT2D eigenvalue weighted by Crippen LogP contribution is -2.31. The zero-order valence-corrected chi connectivity index (χ0v) is 22.9. The number of amides is 1. The fourth-order valence-corrected chi connectivity index (χ4v) is 3.84. The summed E-state index contributed by atoms with van der Waals surface area (Å²) >= 11 is 6.27. The van der Waals surface area contributed by atoms with E-state index in [-0.39, 0.29) is 10.8 Å². The monoisotopic (exact) mass is 567 g/mol. The van der Waals surface area contributed by atoms with Gasteiger partial charge in [0.2, 0.25) is 5.95 Å². The average molecular weight is 568 g/mol. The van der Waals surface area contributed by atoms with Crippen molar-refractivity contribution in [3.8, 4) is 17.3 Å². The topological polar surface area (TPSA) is 163 Å². The molecule has 0 aliphatic rings. The Morgan fingerprint density at radius 3 is 2.38 bits per heavy atom. The van der Waals surface area contributed by atoms with Crippen molar-refractivity contribution in [2.24, 2.45) is 0 Å². The number of halogens is 1. The second-order valence-corrected chi connectivity index (χ2v) is 10.1. The third-order valence-corrected chi connectivity index (χ3v) is 6.38. The summed E-state index contributed by atoms with van der Waals surface area (Å²) in [6.07, 6.45) is 5.07. The van der Waals surface area contributed by atoms with Gasteiger partial charge in [-0.15, -0.1) is 0 Å². The van der Waals surface area contributed by atoms with Crippen molar-refractivity contribution in [1.29, 1.82) is 5.26 Å².